The Labute approximate surface area is 114 Å². The lowest BCUT2D eigenvalue weighted by Gasteiger charge is -2.13. The maximum absolute atomic E-state index is 12.1. The largest absolute Gasteiger partial charge is 0.396 e. The lowest BCUT2D eigenvalue weighted by molar-refractivity contribution is 0.281. The van der Waals surface area contributed by atoms with Gasteiger partial charge >= 0.3 is 0 Å². The molecule has 2 aromatic heterocycles. The number of benzene rings is 1. The number of aliphatic hydroxyl groups is 1. The maximum atomic E-state index is 12.1. The Morgan fingerprint density at radius 3 is 3.05 bits per heavy atom. The van der Waals surface area contributed by atoms with Crippen molar-refractivity contribution in [3.05, 3.63) is 58.3 Å². The zero-order valence-electron chi connectivity index (χ0n) is 10.7. The summed E-state index contributed by atoms with van der Waals surface area (Å²) in [5, 5.41) is 9.36. The van der Waals surface area contributed by atoms with Gasteiger partial charge in [-0.3, -0.25) is 9.20 Å². The number of H-pyrrole nitrogens is 1. The van der Waals surface area contributed by atoms with E-state index in [2.05, 4.69) is 16.0 Å². The van der Waals surface area contributed by atoms with Crippen LogP contribution in [0.2, 0.25) is 0 Å². The molecule has 5 heteroatoms. The minimum atomic E-state index is -0.187. The normalized spacial score (nSPS) is 16.4. The number of aromatic nitrogens is 3. The van der Waals surface area contributed by atoms with Gasteiger partial charge in [-0.05, 0) is 12.0 Å². The lowest BCUT2D eigenvalue weighted by atomic mass is 9.97. The number of hydrogen-bond donors (Lipinski definition) is 2. The molecular formula is C15H13N3O2. The van der Waals surface area contributed by atoms with E-state index < -0.39 is 0 Å². The Hall–Kier alpha value is -2.40. The summed E-state index contributed by atoms with van der Waals surface area (Å²) < 4.78 is 1.84. The molecule has 0 bridgehead atoms. The maximum Gasteiger partial charge on any atom is 0.292 e. The third-order valence-electron chi connectivity index (χ3n) is 3.95. The van der Waals surface area contributed by atoms with Crippen molar-refractivity contribution >= 4 is 5.65 Å². The Bertz CT molecular complexity index is 863. The first kappa shape index (κ1) is 11.4. The smallest absolute Gasteiger partial charge is 0.292 e. The van der Waals surface area contributed by atoms with E-state index in [9.17, 15) is 9.90 Å². The van der Waals surface area contributed by atoms with Gasteiger partial charge in [0.15, 0.2) is 0 Å². The van der Waals surface area contributed by atoms with E-state index in [4.69, 9.17) is 0 Å². The van der Waals surface area contributed by atoms with E-state index in [1.165, 1.54) is 0 Å². The van der Waals surface area contributed by atoms with Gasteiger partial charge in [-0.15, -0.1) is 0 Å². The third-order valence-corrected chi connectivity index (χ3v) is 3.95. The average Bonchev–Trinajstić information content (AvgIpc) is 3.04. The van der Waals surface area contributed by atoms with Crippen LogP contribution < -0.4 is 5.56 Å². The minimum Gasteiger partial charge on any atom is -0.396 e. The van der Waals surface area contributed by atoms with Crippen LogP contribution in [0.15, 0.2) is 41.5 Å². The highest BCUT2D eigenvalue weighted by Crippen LogP contribution is 2.44. The van der Waals surface area contributed by atoms with E-state index in [0.29, 0.717) is 12.1 Å². The summed E-state index contributed by atoms with van der Waals surface area (Å²) in [5.74, 6) is 0.0831. The first-order valence-electron chi connectivity index (χ1n) is 6.60. The molecule has 0 radical (unpaired) electrons. The van der Waals surface area contributed by atoms with E-state index in [1.54, 1.807) is 12.4 Å². The molecular weight excluding hydrogens is 254 g/mol. The second-order valence-corrected chi connectivity index (χ2v) is 4.99. The Kier molecular flexibility index (Phi) is 2.31. The van der Waals surface area contributed by atoms with Crippen molar-refractivity contribution in [2.24, 2.45) is 0 Å². The molecule has 1 aromatic carbocycles. The predicted octanol–water partition coefficient (Wildman–Crippen LogP) is 1.52. The minimum absolute atomic E-state index is 0.0831. The quantitative estimate of drug-likeness (QED) is 0.739. The second-order valence-electron chi connectivity index (χ2n) is 4.99. The van der Waals surface area contributed by atoms with Crippen molar-refractivity contribution in [3.63, 3.8) is 0 Å². The highest BCUT2D eigenvalue weighted by molar-refractivity contribution is 5.75. The van der Waals surface area contributed by atoms with Crippen LogP contribution in [-0.2, 0) is 0 Å². The molecule has 2 heterocycles. The van der Waals surface area contributed by atoms with Crippen molar-refractivity contribution in [1.29, 1.82) is 0 Å². The summed E-state index contributed by atoms with van der Waals surface area (Å²) in [5.41, 5.74) is 4.25. The van der Waals surface area contributed by atoms with Crippen LogP contribution in [0.25, 0.3) is 16.9 Å². The fraction of sp³-hybridized carbons (Fsp3) is 0.200. The van der Waals surface area contributed by atoms with E-state index >= 15 is 0 Å². The Morgan fingerprint density at radius 2 is 2.20 bits per heavy atom. The van der Waals surface area contributed by atoms with Crippen LogP contribution in [0.5, 0.6) is 0 Å². The number of fused-ring (bicyclic) bond motifs is 5. The molecule has 20 heavy (non-hydrogen) atoms. The van der Waals surface area contributed by atoms with Crippen LogP contribution in [0.1, 0.15) is 23.6 Å². The second kappa shape index (κ2) is 4.05. The van der Waals surface area contributed by atoms with Gasteiger partial charge in [0, 0.05) is 30.5 Å². The number of imidazole rings is 1. The van der Waals surface area contributed by atoms with Crippen molar-refractivity contribution in [3.8, 4) is 11.3 Å². The lowest BCUT2D eigenvalue weighted by Crippen LogP contribution is -2.15. The Balaban J connectivity index is 2.13. The van der Waals surface area contributed by atoms with Crippen LogP contribution >= 0.6 is 0 Å². The van der Waals surface area contributed by atoms with Crippen LogP contribution in [-0.4, -0.2) is 26.1 Å². The van der Waals surface area contributed by atoms with Gasteiger partial charge in [-0.2, -0.15) is 0 Å². The first-order valence-corrected chi connectivity index (χ1v) is 6.60. The fourth-order valence-electron chi connectivity index (χ4n) is 3.16. The third kappa shape index (κ3) is 1.35. The summed E-state index contributed by atoms with van der Waals surface area (Å²) in [6.07, 6.45) is 4.06. The molecule has 100 valence electrons. The molecule has 1 unspecified atom stereocenters. The molecule has 0 saturated heterocycles. The Morgan fingerprint density at radius 1 is 1.35 bits per heavy atom. The van der Waals surface area contributed by atoms with E-state index in [0.717, 1.165) is 22.5 Å². The molecule has 0 aliphatic heterocycles. The fourth-order valence-corrected chi connectivity index (χ4v) is 3.16. The molecule has 0 fully saturated rings. The summed E-state index contributed by atoms with van der Waals surface area (Å²) in [6.45, 7) is 0.105. The monoisotopic (exact) mass is 267 g/mol. The molecule has 1 aliphatic rings. The molecule has 5 nitrogen and oxygen atoms in total. The molecule has 0 saturated carbocycles. The molecule has 0 amide bonds. The van der Waals surface area contributed by atoms with Crippen LogP contribution in [0, 0.1) is 0 Å². The van der Waals surface area contributed by atoms with Crippen molar-refractivity contribution in [1.82, 2.24) is 14.4 Å². The zero-order chi connectivity index (χ0) is 13.7. The van der Waals surface area contributed by atoms with Crippen molar-refractivity contribution in [2.75, 3.05) is 6.61 Å². The SMILES string of the molecule is O=c1[nH]c2c(n3ccnc13)C(CCO)c1ccccc1-2. The van der Waals surface area contributed by atoms with Gasteiger partial charge in [0.25, 0.3) is 5.56 Å². The standard InChI is InChI=1S/C15H13N3O2/c19-8-5-11-9-3-1-2-4-10(9)12-13(11)18-7-6-16-14(18)15(20)17-12/h1-4,6-7,11,19H,5,8H2,(H,17,20). The van der Waals surface area contributed by atoms with Gasteiger partial charge < -0.3 is 10.1 Å². The molecule has 2 N–H and O–H groups in total. The summed E-state index contributed by atoms with van der Waals surface area (Å²) in [4.78, 5) is 19.1. The summed E-state index contributed by atoms with van der Waals surface area (Å²) in [6, 6.07) is 8.00. The van der Waals surface area contributed by atoms with Crippen LogP contribution in [0.4, 0.5) is 0 Å². The van der Waals surface area contributed by atoms with Gasteiger partial charge in [-0.25, -0.2) is 4.98 Å². The number of nitrogens with one attached hydrogen (secondary N) is 1. The van der Waals surface area contributed by atoms with Gasteiger partial charge in [0.2, 0.25) is 5.65 Å². The van der Waals surface area contributed by atoms with Crippen LogP contribution in [0.3, 0.4) is 0 Å². The number of hydrogen-bond acceptors (Lipinski definition) is 3. The molecule has 1 aliphatic carbocycles. The number of aliphatic hydroxyl groups excluding tert-OH is 1. The van der Waals surface area contributed by atoms with Gasteiger partial charge in [0.05, 0.1) is 11.4 Å². The number of nitrogens with zero attached hydrogens (tertiary/aromatic N) is 2. The van der Waals surface area contributed by atoms with E-state index in [-0.39, 0.29) is 18.1 Å². The van der Waals surface area contributed by atoms with E-state index in [1.807, 2.05) is 22.6 Å². The zero-order valence-corrected chi connectivity index (χ0v) is 10.7. The summed E-state index contributed by atoms with van der Waals surface area (Å²) >= 11 is 0. The van der Waals surface area contributed by atoms with Crippen molar-refractivity contribution in [2.45, 2.75) is 12.3 Å². The highest BCUT2D eigenvalue weighted by Gasteiger charge is 2.31. The number of aromatic amines is 1. The molecule has 0 spiro atoms. The average molecular weight is 267 g/mol. The number of rotatable bonds is 2. The first-order chi connectivity index (χ1) is 9.81. The summed E-state index contributed by atoms with van der Waals surface area (Å²) in [7, 11) is 0. The molecule has 3 aromatic rings. The van der Waals surface area contributed by atoms with Gasteiger partial charge in [0.1, 0.15) is 0 Å². The van der Waals surface area contributed by atoms with Crippen molar-refractivity contribution < 1.29 is 5.11 Å². The molecule has 4 rings (SSSR count). The topological polar surface area (TPSA) is 70.4 Å². The molecule has 1 atom stereocenters. The predicted molar refractivity (Wildman–Crippen MR) is 74.8 cm³/mol. The highest BCUT2D eigenvalue weighted by atomic mass is 16.3. The van der Waals surface area contributed by atoms with Gasteiger partial charge in [-0.1, -0.05) is 24.3 Å².